The summed E-state index contributed by atoms with van der Waals surface area (Å²) in [6.07, 6.45) is 5.73. The van der Waals surface area contributed by atoms with Crippen molar-refractivity contribution < 1.29 is 14.2 Å². The summed E-state index contributed by atoms with van der Waals surface area (Å²) in [6, 6.07) is 7.99. The van der Waals surface area contributed by atoms with Gasteiger partial charge in [-0.25, -0.2) is 0 Å². The Morgan fingerprint density at radius 3 is 2.63 bits per heavy atom. The maximum Gasteiger partial charge on any atom is 0.195 e. The van der Waals surface area contributed by atoms with Gasteiger partial charge in [0, 0.05) is 58.7 Å². The van der Waals surface area contributed by atoms with Crippen LogP contribution in [0.5, 0.6) is 5.75 Å². The van der Waals surface area contributed by atoms with Crippen molar-refractivity contribution in [2.75, 3.05) is 52.4 Å². The van der Waals surface area contributed by atoms with Crippen LogP contribution in [-0.2, 0) is 9.47 Å². The van der Waals surface area contributed by atoms with Crippen LogP contribution in [0.2, 0.25) is 0 Å². The molecule has 1 fully saturated rings. The number of nitrogens with zero attached hydrogens (tertiary/aromatic N) is 1. The summed E-state index contributed by atoms with van der Waals surface area (Å²) in [6.45, 7) is 5.90. The highest BCUT2D eigenvalue weighted by Crippen LogP contribution is 2.44. The summed E-state index contributed by atoms with van der Waals surface area (Å²) in [5, 5.41) is 6.74. The lowest BCUT2D eigenvalue weighted by molar-refractivity contribution is 0.0779. The molecular weight excluding hydrogens is 342 g/mol. The van der Waals surface area contributed by atoms with Crippen LogP contribution in [0, 0.1) is 5.41 Å². The van der Waals surface area contributed by atoms with Crippen molar-refractivity contribution in [1.29, 1.82) is 0 Å². The first kappa shape index (κ1) is 21.5. The van der Waals surface area contributed by atoms with Gasteiger partial charge in [0.05, 0.1) is 6.61 Å². The van der Waals surface area contributed by atoms with Gasteiger partial charge < -0.3 is 24.8 Å². The molecule has 1 aromatic carbocycles. The zero-order valence-electron chi connectivity index (χ0n) is 17.1. The molecule has 0 saturated heterocycles. The molecular formula is C21H35N3O3. The van der Waals surface area contributed by atoms with Crippen molar-refractivity contribution in [2.45, 2.75) is 39.0 Å². The van der Waals surface area contributed by atoms with E-state index in [2.05, 4.69) is 17.6 Å². The van der Waals surface area contributed by atoms with Gasteiger partial charge in [-0.3, -0.25) is 4.99 Å². The van der Waals surface area contributed by atoms with Crippen molar-refractivity contribution in [2.24, 2.45) is 10.4 Å². The summed E-state index contributed by atoms with van der Waals surface area (Å²) in [5.74, 6) is 1.67. The molecule has 1 saturated carbocycles. The number of ether oxygens (including phenoxy) is 3. The minimum Gasteiger partial charge on any atom is -0.493 e. The minimum absolute atomic E-state index is 0.310. The fourth-order valence-electron chi connectivity index (χ4n) is 3.23. The average molecular weight is 378 g/mol. The Bertz CT molecular complexity index is 574. The van der Waals surface area contributed by atoms with Crippen LogP contribution in [0.3, 0.4) is 0 Å². The molecule has 0 spiro atoms. The highest BCUT2D eigenvalue weighted by Gasteiger charge is 2.36. The Morgan fingerprint density at radius 2 is 1.96 bits per heavy atom. The second kappa shape index (κ2) is 11.8. The van der Waals surface area contributed by atoms with Gasteiger partial charge in [-0.1, -0.05) is 12.5 Å². The molecule has 2 rings (SSSR count). The first-order chi connectivity index (χ1) is 13.2. The summed E-state index contributed by atoms with van der Waals surface area (Å²) in [4.78, 5) is 4.85. The second-order valence-electron chi connectivity index (χ2n) is 7.14. The summed E-state index contributed by atoms with van der Waals surface area (Å²) in [5.41, 5.74) is 1.28. The van der Waals surface area contributed by atoms with Gasteiger partial charge in [0.15, 0.2) is 5.96 Å². The van der Waals surface area contributed by atoms with Gasteiger partial charge in [-0.05, 0) is 43.7 Å². The first-order valence-electron chi connectivity index (χ1n) is 9.97. The van der Waals surface area contributed by atoms with Crippen LogP contribution in [0.15, 0.2) is 29.3 Å². The Hall–Kier alpha value is -1.79. The molecule has 0 amide bonds. The summed E-state index contributed by atoms with van der Waals surface area (Å²) in [7, 11) is 3.47. The van der Waals surface area contributed by atoms with Crippen LogP contribution in [0.25, 0.3) is 0 Å². The van der Waals surface area contributed by atoms with Crippen molar-refractivity contribution in [3.05, 3.63) is 24.3 Å². The predicted molar refractivity (Wildman–Crippen MR) is 111 cm³/mol. The lowest BCUT2D eigenvalue weighted by Gasteiger charge is -2.40. The van der Waals surface area contributed by atoms with Crippen LogP contribution < -0.4 is 15.4 Å². The number of nitrogens with one attached hydrogen (secondary N) is 2. The topological polar surface area (TPSA) is 64.1 Å². The van der Waals surface area contributed by atoms with E-state index >= 15 is 0 Å². The van der Waals surface area contributed by atoms with E-state index in [1.807, 2.05) is 24.3 Å². The Kier molecular flexibility index (Phi) is 9.42. The largest absolute Gasteiger partial charge is 0.493 e. The Morgan fingerprint density at radius 1 is 1.15 bits per heavy atom. The number of hydrogen-bond acceptors (Lipinski definition) is 4. The van der Waals surface area contributed by atoms with E-state index in [0.29, 0.717) is 18.6 Å². The Labute approximate surface area is 163 Å². The molecule has 27 heavy (non-hydrogen) atoms. The van der Waals surface area contributed by atoms with Crippen LogP contribution in [0.4, 0.5) is 5.69 Å². The third kappa shape index (κ3) is 7.39. The van der Waals surface area contributed by atoms with Crippen molar-refractivity contribution >= 4 is 11.6 Å². The quantitative estimate of drug-likeness (QED) is 0.330. The van der Waals surface area contributed by atoms with Gasteiger partial charge in [0.2, 0.25) is 0 Å². The van der Waals surface area contributed by atoms with Gasteiger partial charge in [-0.15, -0.1) is 0 Å². The molecule has 152 valence electrons. The van der Waals surface area contributed by atoms with E-state index in [1.54, 1.807) is 14.2 Å². The van der Waals surface area contributed by atoms with E-state index in [1.165, 1.54) is 19.3 Å². The van der Waals surface area contributed by atoms with Gasteiger partial charge >= 0.3 is 0 Å². The number of methoxy groups -OCH3 is 2. The molecule has 0 atom stereocenters. The zero-order chi connectivity index (χ0) is 19.4. The van der Waals surface area contributed by atoms with Crippen LogP contribution in [-0.4, -0.2) is 53.1 Å². The average Bonchev–Trinajstić information content (AvgIpc) is 2.64. The molecule has 1 aliphatic rings. The van der Waals surface area contributed by atoms with Crippen LogP contribution >= 0.6 is 0 Å². The number of guanidine groups is 1. The van der Waals surface area contributed by atoms with E-state index in [4.69, 9.17) is 19.2 Å². The normalized spacial score (nSPS) is 15.9. The molecule has 0 radical (unpaired) electrons. The molecule has 0 unspecified atom stereocenters. The highest BCUT2D eigenvalue weighted by atomic mass is 16.5. The monoisotopic (exact) mass is 377 g/mol. The van der Waals surface area contributed by atoms with Crippen LogP contribution in [0.1, 0.15) is 39.0 Å². The molecule has 2 N–H and O–H groups in total. The number of anilines is 1. The maximum atomic E-state index is 5.78. The maximum absolute atomic E-state index is 5.78. The molecule has 0 aromatic heterocycles. The molecule has 0 bridgehead atoms. The standard InChI is InChI=1S/C21H35N3O3/c1-4-22-20(23-17-21(10-6-11-21)12-15-26-3)24-18-8-5-9-19(16-18)27-14-7-13-25-2/h5,8-9,16H,4,6-7,10-15,17H2,1-3H3,(H2,22,23,24). The molecule has 0 aliphatic heterocycles. The smallest absolute Gasteiger partial charge is 0.195 e. The molecule has 0 heterocycles. The lowest BCUT2D eigenvalue weighted by Crippen LogP contribution is -2.37. The van der Waals surface area contributed by atoms with E-state index in [-0.39, 0.29) is 0 Å². The van der Waals surface area contributed by atoms with Crippen molar-refractivity contribution in [3.8, 4) is 5.75 Å². The van der Waals surface area contributed by atoms with Gasteiger partial charge in [-0.2, -0.15) is 0 Å². The zero-order valence-corrected chi connectivity index (χ0v) is 17.1. The number of rotatable bonds is 12. The Balaban J connectivity index is 1.94. The SMILES string of the molecule is CCNC(=NCC1(CCOC)CCC1)Nc1cccc(OCCCOC)c1. The van der Waals surface area contributed by atoms with E-state index in [0.717, 1.165) is 49.9 Å². The molecule has 1 aromatic rings. The fraction of sp³-hybridized carbons (Fsp3) is 0.667. The highest BCUT2D eigenvalue weighted by molar-refractivity contribution is 5.93. The molecule has 1 aliphatic carbocycles. The van der Waals surface area contributed by atoms with Gasteiger partial charge in [0.1, 0.15) is 5.75 Å². The molecule has 6 nitrogen and oxygen atoms in total. The lowest BCUT2D eigenvalue weighted by atomic mass is 9.67. The predicted octanol–water partition coefficient (Wildman–Crippen LogP) is 3.69. The number of aliphatic imine (C=N–C) groups is 1. The van der Waals surface area contributed by atoms with Crippen molar-refractivity contribution in [3.63, 3.8) is 0 Å². The van der Waals surface area contributed by atoms with E-state index in [9.17, 15) is 0 Å². The minimum atomic E-state index is 0.310. The van der Waals surface area contributed by atoms with Crippen molar-refractivity contribution in [1.82, 2.24) is 5.32 Å². The summed E-state index contributed by atoms with van der Waals surface area (Å²) >= 11 is 0. The second-order valence-corrected chi connectivity index (χ2v) is 7.14. The van der Waals surface area contributed by atoms with Gasteiger partial charge in [0.25, 0.3) is 0 Å². The first-order valence-corrected chi connectivity index (χ1v) is 9.97. The number of hydrogen-bond donors (Lipinski definition) is 2. The van der Waals surface area contributed by atoms with E-state index < -0.39 is 0 Å². The third-order valence-electron chi connectivity index (χ3n) is 5.03. The summed E-state index contributed by atoms with van der Waals surface area (Å²) < 4.78 is 16.1. The fourth-order valence-corrected chi connectivity index (χ4v) is 3.23. The molecule has 6 heteroatoms. The third-order valence-corrected chi connectivity index (χ3v) is 5.03. The number of benzene rings is 1.